The fraction of sp³-hybridized carbons (Fsp3) is 0.278. The third kappa shape index (κ3) is 2.82. The summed E-state index contributed by atoms with van der Waals surface area (Å²) in [4.78, 5) is 16.4. The first-order valence-electron chi connectivity index (χ1n) is 7.54. The maximum absolute atomic E-state index is 12.5. The van der Waals surface area contributed by atoms with Crippen molar-refractivity contribution in [3.63, 3.8) is 0 Å². The lowest BCUT2D eigenvalue weighted by molar-refractivity contribution is -0.0627. The average molecular weight is 323 g/mol. The molecule has 1 amide bonds. The minimum atomic E-state index is -0.973. The van der Waals surface area contributed by atoms with Gasteiger partial charge in [0.2, 0.25) is 0 Å². The van der Waals surface area contributed by atoms with Crippen molar-refractivity contribution in [2.45, 2.75) is 31.6 Å². The molecule has 0 unspecified atom stereocenters. The molecule has 0 radical (unpaired) electrons. The van der Waals surface area contributed by atoms with E-state index >= 15 is 0 Å². The fourth-order valence-corrected chi connectivity index (χ4v) is 2.75. The van der Waals surface area contributed by atoms with Gasteiger partial charge in [-0.05, 0) is 44.2 Å². The van der Waals surface area contributed by atoms with Crippen LogP contribution < -0.4 is 10.1 Å². The summed E-state index contributed by atoms with van der Waals surface area (Å²) in [5.41, 5.74) is 0.531. The van der Waals surface area contributed by atoms with E-state index in [1.807, 2.05) is 0 Å². The van der Waals surface area contributed by atoms with Gasteiger partial charge in [-0.25, -0.2) is 0 Å². The summed E-state index contributed by atoms with van der Waals surface area (Å²) in [6, 6.07) is 9.64. The molecule has 24 heavy (non-hydrogen) atoms. The minimum Gasteiger partial charge on any atom is -0.485 e. The average Bonchev–Trinajstić information content (AvgIpc) is 2.59. The molecule has 3 rings (SSSR count). The maximum Gasteiger partial charge on any atom is 0.253 e. The van der Waals surface area contributed by atoms with Crippen LogP contribution in [-0.4, -0.2) is 27.7 Å². The molecule has 6 nitrogen and oxygen atoms in total. The van der Waals surface area contributed by atoms with Gasteiger partial charge in [0.25, 0.3) is 5.91 Å². The van der Waals surface area contributed by atoms with E-state index in [-0.39, 0.29) is 5.91 Å². The smallest absolute Gasteiger partial charge is 0.253 e. The van der Waals surface area contributed by atoms with Crippen LogP contribution in [0, 0.1) is 11.3 Å². The lowest BCUT2D eigenvalue weighted by Gasteiger charge is -2.42. The second-order valence-electron chi connectivity index (χ2n) is 6.21. The third-order valence-corrected chi connectivity index (χ3v) is 4.09. The van der Waals surface area contributed by atoms with Gasteiger partial charge in [0.05, 0.1) is 23.2 Å². The van der Waals surface area contributed by atoms with E-state index in [9.17, 15) is 9.90 Å². The summed E-state index contributed by atoms with van der Waals surface area (Å²) >= 11 is 0. The molecule has 0 aliphatic carbocycles. The number of rotatable bonds is 2. The molecule has 2 N–H and O–H groups in total. The normalized spacial score (nSPS) is 21.1. The second-order valence-corrected chi connectivity index (χ2v) is 6.21. The summed E-state index contributed by atoms with van der Waals surface area (Å²) in [5, 5.41) is 22.6. The minimum absolute atomic E-state index is 0.349. The first-order valence-corrected chi connectivity index (χ1v) is 7.54. The fourth-order valence-electron chi connectivity index (χ4n) is 2.75. The van der Waals surface area contributed by atoms with E-state index < -0.39 is 17.7 Å². The number of fused-ring (bicyclic) bond motifs is 1. The van der Waals surface area contributed by atoms with Gasteiger partial charge in [0.1, 0.15) is 17.5 Å². The van der Waals surface area contributed by atoms with Crippen LogP contribution in [-0.2, 0) is 0 Å². The van der Waals surface area contributed by atoms with Gasteiger partial charge < -0.3 is 15.2 Å². The largest absolute Gasteiger partial charge is 0.485 e. The van der Waals surface area contributed by atoms with Crippen molar-refractivity contribution in [3.8, 4) is 11.8 Å². The summed E-state index contributed by atoms with van der Waals surface area (Å²) in [6.07, 6.45) is 2.07. The van der Waals surface area contributed by atoms with Crippen LogP contribution in [0.5, 0.6) is 5.75 Å². The number of hydrogen-bond acceptors (Lipinski definition) is 5. The Hall–Kier alpha value is -2.91. The van der Waals surface area contributed by atoms with Crippen LogP contribution in [0.15, 0.2) is 42.7 Å². The van der Waals surface area contributed by atoms with Crippen molar-refractivity contribution in [1.82, 2.24) is 10.3 Å². The molecule has 0 saturated heterocycles. The molecule has 0 spiro atoms. The predicted molar refractivity (Wildman–Crippen MR) is 86.3 cm³/mol. The number of aliphatic hydroxyl groups is 1. The second kappa shape index (κ2) is 5.95. The third-order valence-electron chi connectivity index (χ3n) is 4.09. The number of carbonyl (C=O) groups is 1. The van der Waals surface area contributed by atoms with E-state index in [0.717, 1.165) is 0 Å². The SMILES string of the molecule is CC1(C)Oc2ccc(C#N)cc2[C@@H](NC(=O)c2cccnc2)[C@@H]1O. The molecule has 2 aromatic rings. The van der Waals surface area contributed by atoms with E-state index in [1.165, 1.54) is 6.20 Å². The number of hydrogen-bond donors (Lipinski definition) is 2. The Morgan fingerprint density at radius 3 is 2.88 bits per heavy atom. The summed E-state index contributed by atoms with van der Waals surface area (Å²) < 4.78 is 5.83. The molecule has 122 valence electrons. The number of aliphatic hydroxyl groups excluding tert-OH is 1. The highest BCUT2D eigenvalue weighted by molar-refractivity contribution is 5.94. The van der Waals surface area contributed by atoms with E-state index in [0.29, 0.717) is 22.4 Å². The number of carbonyl (C=O) groups excluding carboxylic acids is 1. The zero-order valence-electron chi connectivity index (χ0n) is 13.4. The molecular weight excluding hydrogens is 306 g/mol. The standard InChI is InChI=1S/C18H17N3O3/c1-18(2)16(22)15(21-17(23)12-4-3-7-20-10-12)13-8-11(9-19)5-6-14(13)24-18/h3-8,10,15-16,22H,1-2H3,(H,21,23)/t15-,16+/m1/s1. The number of nitriles is 1. The molecule has 1 aliphatic rings. The highest BCUT2D eigenvalue weighted by Crippen LogP contribution is 2.40. The topological polar surface area (TPSA) is 95.2 Å². The molecular formula is C18H17N3O3. The van der Waals surface area contributed by atoms with Gasteiger partial charge in [-0.15, -0.1) is 0 Å². The van der Waals surface area contributed by atoms with Gasteiger partial charge >= 0.3 is 0 Å². The first-order chi connectivity index (χ1) is 11.4. The highest BCUT2D eigenvalue weighted by Gasteiger charge is 2.43. The molecule has 0 fully saturated rings. The maximum atomic E-state index is 12.5. The van der Waals surface area contributed by atoms with Gasteiger partial charge in [-0.2, -0.15) is 5.26 Å². The molecule has 1 aromatic heterocycles. The number of nitrogens with zero attached hydrogens (tertiary/aromatic N) is 2. The van der Waals surface area contributed by atoms with Gasteiger partial charge in [-0.3, -0.25) is 9.78 Å². The van der Waals surface area contributed by atoms with E-state index in [2.05, 4.69) is 16.4 Å². The Balaban J connectivity index is 1.99. The zero-order chi connectivity index (χ0) is 17.3. The monoisotopic (exact) mass is 323 g/mol. The van der Waals surface area contributed by atoms with Gasteiger partial charge in [0.15, 0.2) is 0 Å². The summed E-state index contributed by atoms with van der Waals surface area (Å²) in [7, 11) is 0. The number of benzene rings is 1. The van der Waals surface area contributed by atoms with Crippen molar-refractivity contribution in [2.24, 2.45) is 0 Å². The number of amides is 1. The Kier molecular flexibility index (Phi) is 3.96. The Bertz CT molecular complexity index is 812. The van der Waals surface area contributed by atoms with Crippen molar-refractivity contribution in [2.75, 3.05) is 0 Å². The Morgan fingerprint density at radius 1 is 1.42 bits per heavy atom. The number of aromatic nitrogens is 1. The van der Waals surface area contributed by atoms with Crippen molar-refractivity contribution < 1.29 is 14.6 Å². The molecule has 0 bridgehead atoms. The molecule has 2 heterocycles. The van der Waals surface area contributed by atoms with E-state index in [4.69, 9.17) is 10.00 Å². The Labute approximate surface area is 139 Å². The van der Waals surface area contributed by atoms with Crippen LogP contribution in [0.1, 0.15) is 41.4 Å². The predicted octanol–water partition coefficient (Wildman–Crippen LogP) is 1.96. The molecule has 2 atom stereocenters. The van der Waals surface area contributed by atoms with Gasteiger partial charge in [0, 0.05) is 18.0 Å². The highest BCUT2D eigenvalue weighted by atomic mass is 16.5. The lowest BCUT2D eigenvalue weighted by Crippen LogP contribution is -2.53. The van der Waals surface area contributed by atoms with Crippen LogP contribution in [0.3, 0.4) is 0 Å². The van der Waals surface area contributed by atoms with Crippen molar-refractivity contribution in [1.29, 1.82) is 5.26 Å². The van der Waals surface area contributed by atoms with Crippen molar-refractivity contribution >= 4 is 5.91 Å². The summed E-state index contributed by atoms with van der Waals surface area (Å²) in [6.45, 7) is 3.50. The molecule has 0 saturated carbocycles. The molecule has 1 aromatic carbocycles. The number of pyridine rings is 1. The van der Waals surface area contributed by atoms with Gasteiger partial charge in [-0.1, -0.05) is 0 Å². The van der Waals surface area contributed by atoms with E-state index in [1.54, 1.807) is 50.4 Å². The zero-order valence-corrected chi connectivity index (χ0v) is 13.4. The quantitative estimate of drug-likeness (QED) is 0.881. The van der Waals surface area contributed by atoms with Crippen molar-refractivity contribution in [3.05, 3.63) is 59.4 Å². The summed E-state index contributed by atoms with van der Waals surface area (Å²) in [5.74, 6) is 0.193. The van der Waals surface area contributed by atoms with Crippen LogP contribution in [0.25, 0.3) is 0 Å². The Morgan fingerprint density at radius 2 is 2.21 bits per heavy atom. The van der Waals surface area contributed by atoms with Crippen LogP contribution in [0.2, 0.25) is 0 Å². The van der Waals surface area contributed by atoms with Crippen LogP contribution >= 0.6 is 0 Å². The lowest BCUT2D eigenvalue weighted by atomic mass is 9.86. The first kappa shape index (κ1) is 16.0. The van der Waals surface area contributed by atoms with Crippen LogP contribution in [0.4, 0.5) is 0 Å². The molecule has 6 heteroatoms. The number of nitrogens with one attached hydrogen (secondary N) is 1. The number of ether oxygens (including phenoxy) is 1. The molecule has 1 aliphatic heterocycles.